The van der Waals surface area contributed by atoms with Crippen LogP contribution < -0.4 is 5.56 Å². The quantitative estimate of drug-likeness (QED) is 0.537. The van der Waals surface area contributed by atoms with Gasteiger partial charge in [-0.25, -0.2) is 9.97 Å². The Morgan fingerprint density at radius 1 is 1.22 bits per heavy atom. The summed E-state index contributed by atoms with van der Waals surface area (Å²) >= 11 is 0. The third-order valence-electron chi connectivity index (χ3n) is 7.26. The molecule has 2 aromatic rings. The standard InChI is InChI=1S/C23H40N4O4Si/c1-9-18-17(10-11-30-32(13(2)3,14(4)5)15(6)7)20(28)23(31-18)27-12-24-19-21(27)25-16(8)26-22(19)29/h12-15,17-18,20,23,28H,9-11H2,1-8H3,(H,25,26,29)/t17?,18-,20+,23-/m1/s1. The van der Waals surface area contributed by atoms with Crippen LogP contribution in [0.2, 0.25) is 16.6 Å². The summed E-state index contributed by atoms with van der Waals surface area (Å²) < 4.78 is 14.7. The predicted molar refractivity (Wildman–Crippen MR) is 128 cm³/mol. The Bertz CT molecular complexity index is 949. The summed E-state index contributed by atoms with van der Waals surface area (Å²) in [6.45, 7) is 18.1. The van der Waals surface area contributed by atoms with Crippen molar-refractivity contribution in [2.24, 2.45) is 5.92 Å². The number of aliphatic hydroxyl groups excluding tert-OH is 1. The first-order valence-corrected chi connectivity index (χ1v) is 14.1. The Morgan fingerprint density at radius 2 is 1.84 bits per heavy atom. The molecule has 2 aromatic heterocycles. The molecule has 32 heavy (non-hydrogen) atoms. The predicted octanol–water partition coefficient (Wildman–Crippen LogP) is 4.29. The van der Waals surface area contributed by atoms with E-state index in [0.29, 0.717) is 34.7 Å². The van der Waals surface area contributed by atoms with E-state index in [2.05, 4.69) is 63.4 Å². The van der Waals surface area contributed by atoms with Gasteiger partial charge < -0.3 is 19.3 Å². The first kappa shape index (κ1) is 25.1. The number of aliphatic hydroxyl groups is 1. The lowest BCUT2D eigenvalue weighted by Gasteiger charge is -2.42. The van der Waals surface area contributed by atoms with E-state index in [9.17, 15) is 9.90 Å². The number of H-pyrrole nitrogens is 1. The first-order valence-electron chi connectivity index (χ1n) is 11.9. The summed E-state index contributed by atoms with van der Waals surface area (Å²) in [5.41, 5.74) is 1.97. The number of fused-ring (bicyclic) bond motifs is 1. The second-order valence-electron chi connectivity index (χ2n) is 10.1. The van der Waals surface area contributed by atoms with Crippen molar-refractivity contribution in [3.8, 4) is 0 Å². The lowest BCUT2D eigenvalue weighted by molar-refractivity contribution is -0.0355. The summed E-state index contributed by atoms with van der Waals surface area (Å²) in [6, 6.07) is 0. The lowest BCUT2D eigenvalue weighted by Crippen LogP contribution is -2.48. The maximum Gasteiger partial charge on any atom is 0.279 e. The highest BCUT2D eigenvalue weighted by molar-refractivity contribution is 6.77. The number of hydrogen-bond acceptors (Lipinski definition) is 6. The molecular formula is C23H40N4O4Si. The fourth-order valence-electron chi connectivity index (χ4n) is 5.87. The van der Waals surface area contributed by atoms with E-state index in [1.54, 1.807) is 17.8 Å². The summed E-state index contributed by atoms with van der Waals surface area (Å²) in [5, 5.41) is 11.2. The van der Waals surface area contributed by atoms with Crippen molar-refractivity contribution in [3.05, 3.63) is 22.5 Å². The molecule has 3 rings (SSSR count). The van der Waals surface area contributed by atoms with Crippen LogP contribution >= 0.6 is 0 Å². The van der Waals surface area contributed by atoms with Gasteiger partial charge in [0.15, 0.2) is 25.7 Å². The molecule has 1 aliphatic rings. The molecule has 8 nitrogen and oxygen atoms in total. The molecule has 4 atom stereocenters. The molecule has 0 aromatic carbocycles. The molecule has 0 radical (unpaired) electrons. The molecule has 0 aliphatic carbocycles. The summed E-state index contributed by atoms with van der Waals surface area (Å²) in [4.78, 5) is 23.5. The normalized spacial score (nSPS) is 24.5. The Balaban J connectivity index is 1.80. The second kappa shape index (κ2) is 9.75. The molecule has 0 amide bonds. The van der Waals surface area contributed by atoms with Gasteiger partial charge >= 0.3 is 0 Å². The van der Waals surface area contributed by atoms with E-state index in [0.717, 1.165) is 12.8 Å². The molecular weight excluding hydrogens is 424 g/mol. The smallest absolute Gasteiger partial charge is 0.279 e. The lowest BCUT2D eigenvalue weighted by atomic mass is 9.93. The van der Waals surface area contributed by atoms with Crippen LogP contribution in [0.25, 0.3) is 11.2 Å². The average Bonchev–Trinajstić information content (AvgIpc) is 3.25. The van der Waals surface area contributed by atoms with Gasteiger partial charge in [-0.15, -0.1) is 0 Å². The zero-order valence-electron chi connectivity index (χ0n) is 20.8. The molecule has 180 valence electrons. The van der Waals surface area contributed by atoms with Crippen LogP contribution in [-0.2, 0) is 9.16 Å². The molecule has 0 spiro atoms. The van der Waals surface area contributed by atoms with E-state index in [1.807, 2.05) is 0 Å². The van der Waals surface area contributed by atoms with Crippen LogP contribution in [0.15, 0.2) is 11.1 Å². The number of ether oxygens (including phenoxy) is 1. The van der Waals surface area contributed by atoms with Gasteiger partial charge in [0.25, 0.3) is 5.56 Å². The SMILES string of the molecule is CC[C@H]1O[C@@H](n2cnc3c(=O)[nH]c(C)nc32)[C@@H](O)C1CCO[Si](C(C)C)(C(C)C)C(C)C. The molecule has 1 unspecified atom stereocenters. The number of aryl methyl sites for hydroxylation is 1. The number of hydrogen-bond donors (Lipinski definition) is 2. The van der Waals surface area contributed by atoms with Gasteiger partial charge in [-0.1, -0.05) is 48.5 Å². The highest BCUT2D eigenvalue weighted by Gasteiger charge is 2.47. The van der Waals surface area contributed by atoms with Crippen molar-refractivity contribution in [2.75, 3.05) is 6.61 Å². The first-order chi connectivity index (χ1) is 15.0. The van der Waals surface area contributed by atoms with Gasteiger partial charge in [0.05, 0.1) is 12.4 Å². The van der Waals surface area contributed by atoms with Crippen LogP contribution in [0.5, 0.6) is 0 Å². The van der Waals surface area contributed by atoms with E-state index >= 15 is 0 Å². The van der Waals surface area contributed by atoms with Crippen molar-refractivity contribution >= 4 is 19.5 Å². The Labute approximate surface area is 191 Å². The maximum atomic E-state index is 12.2. The van der Waals surface area contributed by atoms with Crippen LogP contribution in [0.1, 0.15) is 73.4 Å². The largest absolute Gasteiger partial charge is 0.416 e. The van der Waals surface area contributed by atoms with Crippen molar-refractivity contribution in [1.82, 2.24) is 19.5 Å². The molecule has 9 heteroatoms. The summed E-state index contributed by atoms with van der Waals surface area (Å²) in [5.74, 6) is 0.454. The van der Waals surface area contributed by atoms with Gasteiger partial charge in [-0.2, -0.15) is 0 Å². The maximum absolute atomic E-state index is 12.2. The Hall–Kier alpha value is -1.55. The van der Waals surface area contributed by atoms with Crippen LogP contribution in [0, 0.1) is 12.8 Å². The zero-order chi connectivity index (χ0) is 23.8. The number of aromatic nitrogens is 4. The zero-order valence-corrected chi connectivity index (χ0v) is 21.8. The Morgan fingerprint density at radius 3 is 2.41 bits per heavy atom. The van der Waals surface area contributed by atoms with Crippen LogP contribution in [0.4, 0.5) is 0 Å². The van der Waals surface area contributed by atoms with E-state index in [1.165, 1.54) is 0 Å². The molecule has 3 heterocycles. The average molecular weight is 465 g/mol. The topological polar surface area (TPSA) is 102 Å². The van der Waals surface area contributed by atoms with E-state index in [4.69, 9.17) is 9.16 Å². The molecule has 1 saturated heterocycles. The fraction of sp³-hybridized carbons (Fsp3) is 0.783. The van der Waals surface area contributed by atoms with Crippen molar-refractivity contribution in [1.29, 1.82) is 0 Å². The van der Waals surface area contributed by atoms with Crippen molar-refractivity contribution in [2.45, 2.75) is 103 Å². The molecule has 0 bridgehead atoms. The van der Waals surface area contributed by atoms with Crippen molar-refractivity contribution < 1.29 is 14.3 Å². The van der Waals surface area contributed by atoms with Gasteiger partial charge in [0.1, 0.15) is 11.9 Å². The molecule has 1 aliphatic heterocycles. The number of aromatic amines is 1. The highest BCUT2D eigenvalue weighted by Crippen LogP contribution is 2.43. The number of nitrogens with one attached hydrogen (secondary N) is 1. The van der Waals surface area contributed by atoms with Gasteiger partial charge in [-0.3, -0.25) is 9.36 Å². The third kappa shape index (κ3) is 4.32. The van der Waals surface area contributed by atoms with Crippen LogP contribution in [0.3, 0.4) is 0 Å². The highest BCUT2D eigenvalue weighted by atomic mass is 28.4. The van der Waals surface area contributed by atoms with Gasteiger partial charge in [0.2, 0.25) is 0 Å². The van der Waals surface area contributed by atoms with Crippen LogP contribution in [-0.4, -0.2) is 51.8 Å². The molecule has 1 fully saturated rings. The summed E-state index contributed by atoms with van der Waals surface area (Å²) in [6.07, 6.45) is 1.63. The van der Waals surface area contributed by atoms with Crippen molar-refractivity contribution in [3.63, 3.8) is 0 Å². The second-order valence-corrected chi connectivity index (χ2v) is 15.5. The minimum atomic E-state index is -1.96. The summed E-state index contributed by atoms with van der Waals surface area (Å²) in [7, 11) is -1.96. The van der Waals surface area contributed by atoms with E-state index < -0.39 is 20.6 Å². The van der Waals surface area contributed by atoms with Gasteiger partial charge in [0, 0.05) is 12.5 Å². The number of nitrogens with zero attached hydrogens (tertiary/aromatic N) is 3. The fourth-order valence-corrected chi connectivity index (χ4v) is 11.3. The Kier molecular flexibility index (Phi) is 7.64. The number of rotatable bonds is 9. The monoisotopic (exact) mass is 464 g/mol. The van der Waals surface area contributed by atoms with Gasteiger partial charge in [-0.05, 0) is 36.4 Å². The van der Waals surface area contributed by atoms with E-state index in [-0.39, 0.29) is 23.1 Å². The molecule has 2 N–H and O–H groups in total. The third-order valence-corrected chi connectivity index (χ3v) is 13.4. The molecule has 0 saturated carbocycles. The number of imidazole rings is 1. The minimum absolute atomic E-state index is 0.0521. The minimum Gasteiger partial charge on any atom is -0.416 e.